The van der Waals surface area contributed by atoms with Gasteiger partial charge >= 0.3 is 5.97 Å². The number of carbonyl (C=O) groups is 8. The van der Waals surface area contributed by atoms with Crippen molar-refractivity contribution in [1.29, 1.82) is 0 Å². The van der Waals surface area contributed by atoms with Gasteiger partial charge in [0.15, 0.2) is 0 Å². The molecule has 1 aromatic heterocycles. The number of aliphatic hydroxyl groups excluding tert-OH is 2. The molecule has 2 aliphatic heterocycles. The molecule has 0 aliphatic carbocycles. The van der Waals surface area contributed by atoms with Crippen LogP contribution in [0.5, 0.6) is 0 Å². The Bertz CT molecular complexity index is 1710. The standard InChI is InChI=1S/C41H68N10O11/c1-8-22(5)31(38(58)45-27(41(61)62)16-21(3)4)47-36(56)29-12-11-15-51(29)40(60)33(24(7)53)49-37(57)30-13-10-14-50(30)39(59)32(23(6)9-2)48-35(55)28(19-52)46-34(54)26(42)17-25-18-43-20-44-25/h18,20-24,26-33,52-53H,8-17,19,42H2,1-7H3,(H,43,44)(H,45,58)(H,46,54)(H,47,56)(H,48,55)(H,49,57)(H,61,62)/t22-,23-,24+,26-,27-,28-,29-,30-,31-,32-,33-/m0/s1. The average Bonchev–Trinajstić information content (AvgIpc) is 4.04. The number of carboxylic acid groups (broad SMARTS) is 1. The fourth-order valence-corrected chi connectivity index (χ4v) is 7.64. The predicted octanol–water partition coefficient (Wildman–Crippen LogP) is -1.72. The Morgan fingerprint density at radius 3 is 1.74 bits per heavy atom. The fraction of sp³-hybridized carbons (Fsp3) is 0.732. The van der Waals surface area contributed by atoms with Gasteiger partial charge in [-0.1, -0.05) is 54.4 Å². The minimum absolute atomic E-state index is 0.0300. The van der Waals surface area contributed by atoms with E-state index in [1.807, 2.05) is 20.8 Å². The molecule has 21 nitrogen and oxygen atoms in total. The molecule has 0 aromatic carbocycles. The molecular weight excluding hydrogens is 809 g/mol. The number of hydrogen-bond donors (Lipinski definition) is 10. The van der Waals surface area contributed by atoms with E-state index in [1.165, 1.54) is 29.2 Å². The number of aromatic nitrogens is 2. The second-order valence-electron chi connectivity index (χ2n) is 17.0. The van der Waals surface area contributed by atoms with Crippen molar-refractivity contribution in [2.75, 3.05) is 19.7 Å². The fourth-order valence-electron chi connectivity index (χ4n) is 7.64. The van der Waals surface area contributed by atoms with Gasteiger partial charge in [-0.15, -0.1) is 0 Å². The number of imidazole rings is 1. The number of nitrogens with two attached hydrogens (primary N) is 1. The zero-order valence-corrected chi connectivity index (χ0v) is 36.9. The largest absolute Gasteiger partial charge is 0.480 e. The van der Waals surface area contributed by atoms with E-state index in [4.69, 9.17) is 5.73 Å². The van der Waals surface area contributed by atoms with E-state index in [-0.39, 0.29) is 44.7 Å². The molecule has 0 bridgehead atoms. The van der Waals surface area contributed by atoms with Crippen LogP contribution in [0, 0.1) is 17.8 Å². The van der Waals surface area contributed by atoms with E-state index in [1.54, 1.807) is 20.8 Å². The number of nitrogens with one attached hydrogen (secondary N) is 6. The van der Waals surface area contributed by atoms with Gasteiger partial charge in [0, 0.05) is 31.4 Å². The Hall–Kier alpha value is -5.15. The maximum atomic E-state index is 14.2. The van der Waals surface area contributed by atoms with Crippen LogP contribution in [-0.2, 0) is 44.8 Å². The SMILES string of the molecule is CC[C@H](C)[C@H](NC(=O)[C@@H]1CCCN1C(=O)[C@@H](NC(=O)[C@@H]1CCCN1C(=O)[C@@H](NC(=O)[C@H](CO)NC(=O)[C@@H](N)Cc1cnc[nH]1)[C@@H](C)CC)[C@@H](C)O)C(=O)N[C@@H](CC(C)C)C(=O)O. The Kier molecular flexibility index (Phi) is 19.7. The summed E-state index contributed by atoms with van der Waals surface area (Å²) in [7, 11) is 0. The van der Waals surface area contributed by atoms with Crippen LogP contribution in [0.1, 0.15) is 99.1 Å². The minimum atomic E-state index is -1.52. The number of carboxylic acids is 1. The number of nitrogens with zero attached hydrogens (tertiary/aromatic N) is 3. The van der Waals surface area contributed by atoms with Crippen molar-refractivity contribution in [1.82, 2.24) is 46.4 Å². The highest BCUT2D eigenvalue weighted by Gasteiger charge is 2.44. The van der Waals surface area contributed by atoms with Crippen molar-refractivity contribution >= 4 is 47.3 Å². The van der Waals surface area contributed by atoms with Crippen LogP contribution in [-0.4, -0.2) is 157 Å². The number of H-pyrrole nitrogens is 1. The van der Waals surface area contributed by atoms with Crippen LogP contribution >= 0.6 is 0 Å². The van der Waals surface area contributed by atoms with Gasteiger partial charge in [0.25, 0.3) is 0 Å². The van der Waals surface area contributed by atoms with Crippen LogP contribution in [0.4, 0.5) is 0 Å². The zero-order valence-electron chi connectivity index (χ0n) is 36.9. The van der Waals surface area contributed by atoms with E-state index in [0.29, 0.717) is 31.4 Å². The Morgan fingerprint density at radius 1 is 0.758 bits per heavy atom. The number of aromatic amines is 1. The lowest BCUT2D eigenvalue weighted by Gasteiger charge is -2.34. The third kappa shape index (κ3) is 13.7. The second kappa shape index (κ2) is 23.9. The molecule has 62 heavy (non-hydrogen) atoms. The summed E-state index contributed by atoms with van der Waals surface area (Å²) < 4.78 is 0. The van der Waals surface area contributed by atoms with Crippen LogP contribution in [0.2, 0.25) is 0 Å². The van der Waals surface area contributed by atoms with Gasteiger partial charge < -0.3 is 62.4 Å². The number of aliphatic hydroxyl groups is 2. The van der Waals surface area contributed by atoms with Crippen molar-refractivity contribution < 1.29 is 53.7 Å². The van der Waals surface area contributed by atoms with E-state index in [0.717, 1.165) is 0 Å². The molecule has 2 aliphatic rings. The van der Waals surface area contributed by atoms with Crippen molar-refractivity contribution in [3.8, 4) is 0 Å². The summed E-state index contributed by atoms with van der Waals surface area (Å²) >= 11 is 0. The summed E-state index contributed by atoms with van der Waals surface area (Å²) in [6, 6.07) is -9.64. The first-order chi connectivity index (χ1) is 29.2. The molecule has 3 heterocycles. The lowest BCUT2D eigenvalue weighted by Crippen LogP contribution is -2.62. The number of likely N-dealkylation sites (tertiary alicyclic amines) is 2. The topological polar surface area (TPSA) is 319 Å². The molecule has 2 fully saturated rings. The predicted molar refractivity (Wildman–Crippen MR) is 224 cm³/mol. The summed E-state index contributed by atoms with van der Waals surface area (Å²) in [5, 5.41) is 43.5. The maximum Gasteiger partial charge on any atom is 0.326 e. The number of carbonyl (C=O) groups excluding carboxylic acids is 7. The van der Waals surface area contributed by atoms with E-state index in [9.17, 15) is 53.7 Å². The van der Waals surface area contributed by atoms with E-state index < -0.39 is 120 Å². The Balaban J connectivity index is 1.73. The lowest BCUT2D eigenvalue weighted by atomic mass is 9.96. The van der Waals surface area contributed by atoms with Gasteiger partial charge in [-0.3, -0.25) is 33.6 Å². The number of aliphatic carboxylic acids is 1. The first-order valence-corrected chi connectivity index (χ1v) is 21.6. The quantitative estimate of drug-likeness (QED) is 0.0586. The molecule has 11 N–H and O–H groups in total. The molecule has 7 amide bonds. The molecule has 21 heteroatoms. The van der Waals surface area contributed by atoms with E-state index in [2.05, 4.69) is 36.6 Å². The van der Waals surface area contributed by atoms with Crippen LogP contribution < -0.4 is 32.3 Å². The highest BCUT2D eigenvalue weighted by Crippen LogP contribution is 2.24. The molecule has 348 valence electrons. The number of amides is 7. The second-order valence-corrected chi connectivity index (χ2v) is 17.0. The van der Waals surface area contributed by atoms with Gasteiger partial charge in [0.05, 0.1) is 25.1 Å². The van der Waals surface area contributed by atoms with Crippen molar-refractivity contribution in [3.63, 3.8) is 0 Å². The van der Waals surface area contributed by atoms with Crippen molar-refractivity contribution in [2.45, 2.75) is 154 Å². The summed E-state index contributed by atoms with van der Waals surface area (Å²) in [6.45, 7) is 11.5. The monoisotopic (exact) mass is 877 g/mol. The van der Waals surface area contributed by atoms with E-state index >= 15 is 0 Å². The highest BCUT2D eigenvalue weighted by atomic mass is 16.4. The normalized spacial score (nSPS) is 20.8. The summed E-state index contributed by atoms with van der Waals surface area (Å²) in [6.07, 6.45) is 3.91. The summed E-state index contributed by atoms with van der Waals surface area (Å²) in [5.74, 6) is -7.04. The van der Waals surface area contributed by atoms with Gasteiger partial charge in [0.2, 0.25) is 41.4 Å². The molecule has 0 radical (unpaired) electrons. The third-order valence-corrected chi connectivity index (χ3v) is 11.8. The molecule has 11 atom stereocenters. The maximum absolute atomic E-state index is 14.2. The molecular formula is C41H68N10O11. The van der Waals surface area contributed by atoms with Gasteiger partial charge in [-0.05, 0) is 56.8 Å². The van der Waals surface area contributed by atoms with Crippen LogP contribution in [0.25, 0.3) is 0 Å². The molecule has 1 aromatic rings. The lowest BCUT2D eigenvalue weighted by molar-refractivity contribution is -0.147. The Labute approximate surface area is 362 Å². The number of rotatable bonds is 23. The van der Waals surface area contributed by atoms with Gasteiger partial charge in [0.1, 0.15) is 42.3 Å². The molecule has 3 rings (SSSR count). The number of hydrogen-bond acceptors (Lipinski definition) is 12. The highest BCUT2D eigenvalue weighted by molar-refractivity contribution is 5.98. The minimum Gasteiger partial charge on any atom is -0.480 e. The van der Waals surface area contributed by atoms with Gasteiger partial charge in [-0.25, -0.2) is 9.78 Å². The first kappa shape index (κ1) is 51.2. The first-order valence-electron chi connectivity index (χ1n) is 21.6. The van der Waals surface area contributed by atoms with Crippen LogP contribution in [0.15, 0.2) is 12.5 Å². The molecule has 0 saturated carbocycles. The summed E-state index contributed by atoms with van der Waals surface area (Å²) in [5.41, 5.74) is 6.58. The Morgan fingerprint density at radius 2 is 1.27 bits per heavy atom. The summed E-state index contributed by atoms with van der Waals surface area (Å²) in [4.78, 5) is 117. The van der Waals surface area contributed by atoms with Crippen LogP contribution in [0.3, 0.4) is 0 Å². The molecule has 2 saturated heterocycles. The third-order valence-electron chi connectivity index (χ3n) is 11.8. The molecule has 0 unspecified atom stereocenters. The zero-order chi connectivity index (χ0) is 46.4. The molecule has 0 spiro atoms. The van der Waals surface area contributed by atoms with Crippen molar-refractivity contribution in [3.05, 3.63) is 18.2 Å². The average molecular weight is 877 g/mol. The van der Waals surface area contributed by atoms with Gasteiger partial charge in [-0.2, -0.15) is 0 Å². The van der Waals surface area contributed by atoms with Crippen molar-refractivity contribution in [2.24, 2.45) is 23.5 Å². The smallest absolute Gasteiger partial charge is 0.326 e.